The molecular weight excluding hydrogens is 424 g/mol. The molecule has 1 fully saturated rings. The molecule has 3 rings (SSSR count). The number of carbonyl (C=O) groups excluding carboxylic acids is 1. The first-order chi connectivity index (χ1) is 13.9. The Morgan fingerprint density at radius 1 is 1.55 bits per heavy atom. The molecule has 0 radical (unpaired) electrons. The number of aromatic nitrogens is 3. The van der Waals surface area contributed by atoms with Crippen molar-refractivity contribution in [2.45, 2.75) is 25.7 Å². The van der Waals surface area contributed by atoms with Gasteiger partial charge in [0.05, 0.1) is 18.1 Å². The lowest BCUT2D eigenvalue weighted by molar-refractivity contribution is -0.112. The topological polar surface area (TPSA) is 72.6 Å². The molecular formula is C18H20ClF2N5O2S. The first-order valence-electron chi connectivity index (χ1n) is 8.96. The molecule has 1 unspecified atom stereocenters. The summed E-state index contributed by atoms with van der Waals surface area (Å²) in [5.74, 6) is -3.29. The van der Waals surface area contributed by atoms with Crippen LogP contribution in [0.2, 0.25) is 5.15 Å². The highest BCUT2D eigenvalue weighted by molar-refractivity contribution is 8.15. The number of carbonyl (C=O) groups is 1. The molecule has 0 aromatic carbocycles. The van der Waals surface area contributed by atoms with Crippen molar-refractivity contribution in [3.63, 3.8) is 0 Å². The fourth-order valence-corrected chi connectivity index (χ4v) is 3.96. The number of alkyl halides is 2. The normalized spacial score (nSPS) is 17.8. The van der Waals surface area contributed by atoms with Gasteiger partial charge >= 0.3 is 0 Å². The van der Waals surface area contributed by atoms with Gasteiger partial charge in [0, 0.05) is 30.8 Å². The van der Waals surface area contributed by atoms with Gasteiger partial charge < -0.3 is 9.74 Å². The molecule has 1 aliphatic rings. The van der Waals surface area contributed by atoms with Crippen molar-refractivity contribution in [2.24, 2.45) is 11.1 Å². The summed E-state index contributed by atoms with van der Waals surface area (Å²) < 4.78 is 27.6. The lowest BCUT2D eigenvalue weighted by atomic mass is 10.3. The van der Waals surface area contributed by atoms with Gasteiger partial charge in [0.2, 0.25) is 5.04 Å². The van der Waals surface area contributed by atoms with Crippen molar-refractivity contribution in [3.05, 3.63) is 35.9 Å². The van der Waals surface area contributed by atoms with Crippen molar-refractivity contribution < 1.29 is 18.4 Å². The largest absolute Gasteiger partial charge is 0.398 e. The third-order valence-corrected chi connectivity index (χ3v) is 5.66. The summed E-state index contributed by atoms with van der Waals surface area (Å²) in [6.45, 7) is 2.09. The first-order valence-corrected chi connectivity index (χ1v) is 10.3. The van der Waals surface area contributed by atoms with Crippen LogP contribution >= 0.6 is 23.4 Å². The van der Waals surface area contributed by atoms with E-state index in [9.17, 15) is 13.6 Å². The smallest absolute Gasteiger partial charge is 0.287 e. The van der Waals surface area contributed by atoms with Crippen LogP contribution in [0.4, 0.5) is 14.5 Å². The van der Waals surface area contributed by atoms with Crippen LogP contribution in [0.1, 0.15) is 19.8 Å². The number of nitrogens with zero attached hydrogens (tertiary/aromatic N) is 5. The Hall–Kier alpha value is -2.20. The second-order valence-electron chi connectivity index (χ2n) is 6.39. The third kappa shape index (κ3) is 5.05. The molecule has 1 saturated carbocycles. The van der Waals surface area contributed by atoms with E-state index in [4.69, 9.17) is 16.4 Å². The molecule has 2 aromatic heterocycles. The molecule has 1 amide bonds. The number of anilines is 1. The fraction of sp³-hybridized carbons (Fsp3) is 0.444. The molecule has 156 valence electrons. The van der Waals surface area contributed by atoms with E-state index in [0.717, 1.165) is 11.8 Å². The van der Waals surface area contributed by atoms with E-state index in [2.05, 4.69) is 15.2 Å². The minimum Gasteiger partial charge on any atom is -0.398 e. The number of oxime groups is 1. The maximum absolute atomic E-state index is 13.1. The fourth-order valence-electron chi connectivity index (χ4n) is 2.78. The van der Waals surface area contributed by atoms with E-state index in [1.807, 2.05) is 0 Å². The molecule has 11 heteroatoms. The molecule has 2 heterocycles. The minimum absolute atomic E-state index is 0.0727. The van der Waals surface area contributed by atoms with Gasteiger partial charge in [0.1, 0.15) is 12.8 Å². The van der Waals surface area contributed by atoms with E-state index in [1.54, 1.807) is 37.6 Å². The number of thioether (sulfide) groups is 1. The molecule has 1 aliphatic carbocycles. The highest BCUT2D eigenvalue weighted by Crippen LogP contribution is 2.51. The average Bonchev–Trinajstić information content (AvgIpc) is 3.13. The average molecular weight is 444 g/mol. The van der Waals surface area contributed by atoms with Crippen LogP contribution in [-0.4, -0.2) is 51.0 Å². The Kier molecular flexibility index (Phi) is 6.74. The van der Waals surface area contributed by atoms with E-state index >= 15 is 0 Å². The zero-order valence-electron chi connectivity index (χ0n) is 15.9. The van der Waals surface area contributed by atoms with Gasteiger partial charge in [-0.2, -0.15) is 5.10 Å². The molecule has 0 saturated heterocycles. The summed E-state index contributed by atoms with van der Waals surface area (Å²) in [6.07, 6.45) is 5.09. The quantitative estimate of drug-likeness (QED) is 0.367. The Morgan fingerprint density at radius 2 is 2.31 bits per heavy atom. The van der Waals surface area contributed by atoms with E-state index < -0.39 is 17.7 Å². The van der Waals surface area contributed by atoms with Crippen LogP contribution in [0.15, 0.2) is 35.9 Å². The Bertz CT molecular complexity index is 894. The summed E-state index contributed by atoms with van der Waals surface area (Å²) in [4.78, 5) is 23.3. The van der Waals surface area contributed by atoms with Crippen LogP contribution < -0.4 is 4.90 Å². The maximum atomic E-state index is 13.1. The second kappa shape index (κ2) is 9.08. The first kappa shape index (κ1) is 21.5. The predicted octanol–water partition coefficient (Wildman–Crippen LogP) is 4.01. The van der Waals surface area contributed by atoms with Gasteiger partial charge in [-0.15, -0.1) is 0 Å². The molecule has 0 aliphatic heterocycles. The standard InChI is InChI=1S/C18H20ClF2N5O2S/c1-3-25(14-11-26(23-15(14)19)13-5-4-7-22-10-13)17(27)16(24-28-2)29-8-6-12-9-18(12,20)21/h4-5,7,10-12H,3,6,8-9H2,1-2H3. The van der Waals surface area contributed by atoms with E-state index in [-0.39, 0.29) is 16.6 Å². The van der Waals surface area contributed by atoms with Crippen LogP contribution in [0.3, 0.4) is 0 Å². The van der Waals surface area contributed by atoms with E-state index in [1.165, 1.54) is 16.7 Å². The van der Waals surface area contributed by atoms with Gasteiger partial charge in [0.25, 0.3) is 11.8 Å². The van der Waals surface area contributed by atoms with Crippen LogP contribution in [-0.2, 0) is 9.63 Å². The zero-order chi connectivity index (χ0) is 21.0. The number of amides is 1. The summed E-state index contributed by atoms with van der Waals surface area (Å²) in [5, 5.41) is 8.24. The second-order valence-corrected chi connectivity index (χ2v) is 7.83. The molecule has 0 spiro atoms. The molecule has 29 heavy (non-hydrogen) atoms. The Labute approximate surface area is 176 Å². The number of pyridine rings is 1. The monoisotopic (exact) mass is 443 g/mol. The van der Waals surface area contributed by atoms with Gasteiger partial charge in [-0.3, -0.25) is 9.78 Å². The summed E-state index contributed by atoms with van der Waals surface area (Å²) in [6, 6.07) is 3.57. The van der Waals surface area contributed by atoms with Gasteiger partial charge in [-0.1, -0.05) is 28.5 Å². The van der Waals surface area contributed by atoms with Crippen molar-refractivity contribution in [3.8, 4) is 5.69 Å². The number of hydrogen-bond acceptors (Lipinski definition) is 6. The number of rotatable bonds is 7. The van der Waals surface area contributed by atoms with Crippen LogP contribution in [0.25, 0.3) is 5.69 Å². The molecule has 7 nitrogen and oxygen atoms in total. The zero-order valence-corrected chi connectivity index (χ0v) is 17.5. The van der Waals surface area contributed by atoms with Gasteiger partial charge in [-0.05, 0) is 25.5 Å². The molecule has 0 bridgehead atoms. The van der Waals surface area contributed by atoms with Gasteiger partial charge in [0.15, 0.2) is 5.15 Å². The summed E-state index contributed by atoms with van der Waals surface area (Å²) in [7, 11) is 1.33. The maximum Gasteiger partial charge on any atom is 0.287 e. The third-order valence-electron chi connectivity index (χ3n) is 4.43. The summed E-state index contributed by atoms with van der Waals surface area (Å²) >= 11 is 7.36. The molecule has 0 N–H and O–H groups in total. The van der Waals surface area contributed by atoms with Crippen LogP contribution in [0, 0.1) is 5.92 Å². The molecule has 2 aromatic rings. The van der Waals surface area contributed by atoms with Crippen LogP contribution in [0.5, 0.6) is 0 Å². The van der Waals surface area contributed by atoms with Crippen molar-refractivity contribution in [2.75, 3.05) is 24.3 Å². The number of hydrogen-bond donors (Lipinski definition) is 0. The van der Waals surface area contributed by atoms with Crippen molar-refractivity contribution in [1.29, 1.82) is 0 Å². The van der Waals surface area contributed by atoms with Crippen molar-refractivity contribution in [1.82, 2.24) is 14.8 Å². The van der Waals surface area contributed by atoms with Gasteiger partial charge in [-0.25, -0.2) is 13.5 Å². The highest BCUT2D eigenvalue weighted by Gasteiger charge is 2.55. The van der Waals surface area contributed by atoms with E-state index in [0.29, 0.717) is 30.1 Å². The lowest BCUT2D eigenvalue weighted by Crippen LogP contribution is -2.35. The summed E-state index contributed by atoms with van der Waals surface area (Å²) in [5.41, 5.74) is 1.09. The predicted molar refractivity (Wildman–Crippen MR) is 109 cm³/mol. The Morgan fingerprint density at radius 3 is 2.90 bits per heavy atom. The lowest BCUT2D eigenvalue weighted by Gasteiger charge is -2.19. The van der Waals surface area contributed by atoms with Crippen molar-refractivity contribution >= 4 is 40.0 Å². The Balaban J connectivity index is 1.74. The molecule has 1 atom stereocenters. The minimum atomic E-state index is -2.58. The highest BCUT2D eigenvalue weighted by atomic mass is 35.5. The number of halogens is 3. The SMILES string of the molecule is CCN(C(=O)C(=NOC)SCCC1CC1(F)F)c1cn(-c2cccnc2)nc1Cl.